The summed E-state index contributed by atoms with van der Waals surface area (Å²) < 4.78 is 33.5. The Morgan fingerprint density at radius 1 is 0.417 bits per heavy atom. The number of benzene rings is 5. The van der Waals surface area contributed by atoms with Crippen molar-refractivity contribution >= 4 is 23.9 Å². The van der Waals surface area contributed by atoms with Gasteiger partial charge in [0, 0.05) is 6.07 Å². The molecule has 5 rings (SSSR count). The number of ether oxygens (including phenoxy) is 6. The van der Waals surface area contributed by atoms with E-state index < -0.39 is 23.9 Å². The van der Waals surface area contributed by atoms with Crippen LogP contribution >= 0.6 is 0 Å². The van der Waals surface area contributed by atoms with Gasteiger partial charge in [-0.1, -0.05) is 65.2 Å². The molecule has 310 valence electrons. The van der Waals surface area contributed by atoms with Gasteiger partial charge >= 0.3 is 23.9 Å². The normalized spacial score (nSPS) is 10.6. The second-order valence-corrected chi connectivity index (χ2v) is 14.0. The number of nitriles is 1. The Morgan fingerprint density at radius 2 is 0.750 bits per heavy atom. The lowest BCUT2D eigenvalue weighted by molar-refractivity contribution is 0.0723. The molecule has 0 aliphatic heterocycles. The third kappa shape index (κ3) is 13.9. The Bertz CT molecular complexity index is 2210. The van der Waals surface area contributed by atoms with Crippen LogP contribution in [0.4, 0.5) is 0 Å². The first-order valence-corrected chi connectivity index (χ1v) is 20.3. The van der Waals surface area contributed by atoms with Gasteiger partial charge < -0.3 is 28.4 Å². The van der Waals surface area contributed by atoms with Crippen molar-refractivity contribution in [3.63, 3.8) is 0 Å². The van der Waals surface area contributed by atoms with Crippen molar-refractivity contribution in [1.82, 2.24) is 0 Å². The first kappa shape index (κ1) is 44.2. The fourth-order valence-corrected chi connectivity index (χ4v) is 5.88. The van der Waals surface area contributed by atoms with Crippen molar-refractivity contribution in [3.05, 3.63) is 143 Å². The second-order valence-electron chi connectivity index (χ2n) is 14.0. The molecule has 0 aliphatic rings. The van der Waals surface area contributed by atoms with Crippen LogP contribution in [0.15, 0.2) is 115 Å². The SMILES string of the molecule is CCCCCCCOc1ccc(C(=O)Oc2ccc(C(=O)Oc3ccc(C#N)c(OC(=O)c4ccc(OC(=O)c5ccc(OCCCCCCC)cc5)cc4)c3)cc2)cc1. The van der Waals surface area contributed by atoms with Gasteiger partial charge in [0.05, 0.1) is 41.0 Å². The summed E-state index contributed by atoms with van der Waals surface area (Å²) in [5, 5.41) is 9.65. The number of unbranched alkanes of at least 4 members (excludes halogenated alkanes) is 8. The third-order valence-electron chi connectivity index (χ3n) is 9.30. The summed E-state index contributed by atoms with van der Waals surface area (Å²) in [4.78, 5) is 51.5. The molecule has 0 bridgehead atoms. The standard InChI is InChI=1S/C49H49NO10/c1-3-5-7-9-11-31-55-40-22-13-35(14-23-40)46(51)57-42-26-17-37(18-27-42)48(53)59-44-30-21-39(34-50)45(33-44)60-49(54)38-19-28-43(29-20-38)58-47(52)36-15-24-41(25-16-36)56-32-12-10-8-6-4-2/h13-30,33H,3-12,31-32H2,1-2H3. The van der Waals surface area contributed by atoms with E-state index in [4.69, 9.17) is 28.4 Å². The van der Waals surface area contributed by atoms with Gasteiger partial charge in [0.1, 0.15) is 34.8 Å². The average Bonchev–Trinajstić information content (AvgIpc) is 3.27. The van der Waals surface area contributed by atoms with Crippen molar-refractivity contribution in [2.24, 2.45) is 0 Å². The minimum absolute atomic E-state index is 0.0190. The summed E-state index contributed by atoms with van der Waals surface area (Å²) in [7, 11) is 0. The fraction of sp³-hybridized carbons (Fsp3) is 0.286. The van der Waals surface area contributed by atoms with E-state index in [1.807, 2.05) is 6.07 Å². The first-order valence-electron chi connectivity index (χ1n) is 20.3. The highest BCUT2D eigenvalue weighted by Crippen LogP contribution is 2.27. The molecule has 0 aromatic heterocycles. The van der Waals surface area contributed by atoms with Gasteiger partial charge in [-0.25, -0.2) is 19.2 Å². The van der Waals surface area contributed by atoms with E-state index in [0.717, 1.165) is 25.7 Å². The van der Waals surface area contributed by atoms with Crippen molar-refractivity contribution in [2.45, 2.75) is 78.1 Å². The number of nitrogens with zero attached hydrogens (tertiary/aromatic N) is 1. The Balaban J connectivity index is 1.09. The number of carbonyl (C=O) groups is 4. The number of hydrogen-bond donors (Lipinski definition) is 0. The van der Waals surface area contributed by atoms with E-state index in [0.29, 0.717) is 35.8 Å². The highest BCUT2D eigenvalue weighted by molar-refractivity contribution is 5.94. The molecule has 0 spiro atoms. The Labute approximate surface area is 350 Å². The molecule has 0 unspecified atom stereocenters. The van der Waals surface area contributed by atoms with Gasteiger partial charge in [0.15, 0.2) is 5.75 Å². The summed E-state index contributed by atoms with van der Waals surface area (Å²) in [6.45, 7) is 5.59. The zero-order chi connectivity index (χ0) is 42.5. The van der Waals surface area contributed by atoms with Gasteiger partial charge in [-0.05, 0) is 122 Å². The molecular formula is C49H49NO10. The molecule has 0 saturated heterocycles. The number of carbonyl (C=O) groups excluding carboxylic acids is 4. The molecule has 0 radical (unpaired) electrons. The molecule has 60 heavy (non-hydrogen) atoms. The Kier molecular flexibility index (Phi) is 17.3. The Morgan fingerprint density at radius 3 is 1.13 bits per heavy atom. The minimum Gasteiger partial charge on any atom is -0.494 e. The number of hydrogen-bond acceptors (Lipinski definition) is 11. The summed E-state index contributed by atoms with van der Waals surface area (Å²) >= 11 is 0. The zero-order valence-electron chi connectivity index (χ0n) is 34.0. The van der Waals surface area contributed by atoms with E-state index in [1.54, 1.807) is 48.5 Å². The van der Waals surface area contributed by atoms with E-state index in [-0.39, 0.29) is 39.7 Å². The highest BCUT2D eigenvalue weighted by atomic mass is 16.6. The van der Waals surface area contributed by atoms with Gasteiger partial charge in [-0.15, -0.1) is 0 Å². The zero-order valence-corrected chi connectivity index (χ0v) is 34.0. The fourth-order valence-electron chi connectivity index (χ4n) is 5.88. The molecule has 0 N–H and O–H groups in total. The maximum Gasteiger partial charge on any atom is 0.343 e. The lowest BCUT2D eigenvalue weighted by Crippen LogP contribution is -2.12. The van der Waals surface area contributed by atoms with Crippen molar-refractivity contribution in [1.29, 1.82) is 5.26 Å². The average molecular weight is 812 g/mol. The predicted molar refractivity (Wildman–Crippen MR) is 225 cm³/mol. The van der Waals surface area contributed by atoms with Crippen molar-refractivity contribution in [3.8, 4) is 40.6 Å². The van der Waals surface area contributed by atoms with Crippen LogP contribution in [-0.4, -0.2) is 37.1 Å². The van der Waals surface area contributed by atoms with Crippen LogP contribution < -0.4 is 28.4 Å². The van der Waals surface area contributed by atoms with Crippen LogP contribution in [-0.2, 0) is 0 Å². The molecule has 0 aliphatic carbocycles. The molecule has 5 aromatic rings. The molecular weight excluding hydrogens is 763 g/mol. The lowest BCUT2D eigenvalue weighted by Gasteiger charge is -2.10. The highest BCUT2D eigenvalue weighted by Gasteiger charge is 2.17. The molecule has 0 atom stereocenters. The van der Waals surface area contributed by atoms with E-state index >= 15 is 0 Å². The van der Waals surface area contributed by atoms with Crippen LogP contribution in [0.2, 0.25) is 0 Å². The number of esters is 4. The summed E-state index contributed by atoms with van der Waals surface area (Å²) in [6.07, 6.45) is 11.4. The topological polar surface area (TPSA) is 147 Å². The Hall–Kier alpha value is -6.93. The van der Waals surface area contributed by atoms with E-state index in [9.17, 15) is 24.4 Å². The maximum atomic E-state index is 13.1. The van der Waals surface area contributed by atoms with E-state index in [2.05, 4.69) is 13.8 Å². The van der Waals surface area contributed by atoms with E-state index in [1.165, 1.54) is 105 Å². The molecule has 11 nitrogen and oxygen atoms in total. The summed E-state index contributed by atoms with van der Waals surface area (Å²) in [5.74, 6) is -1.00. The van der Waals surface area contributed by atoms with Gasteiger partial charge in [-0.3, -0.25) is 0 Å². The predicted octanol–water partition coefficient (Wildman–Crippen LogP) is 11.1. The van der Waals surface area contributed by atoms with Crippen LogP contribution in [0.1, 0.15) is 125 Å². The summed E-state index contributed by atoms with van der Waals surface area (Å²) in [6, 6.07) is 30.9. The lowest BCUT2D eigenvalue weighted by atomic mass is 10.2. The first-order chi connectivity index (χ1) is 29.3. The van der Waals surface area contributed by atoms with Crippen LogP contribution in [0, 0.1) is 11.3 Å². The van der Waals surface area contributed by atoms with Gasteiger partial charge in [-0.2, -0.15) is 5.26 Å². The second kappa shape index (κ2) is 23.5. The number of rotatable bonds is 22. The van der Waals surface area contributed by atoms with Crippen LogP contribution in [0.5, 0.6) is 34.5 Å². The molecule has 11 heteroatoms. The summed E-state index contributed by atoms with van der Waals surface area (Å²) in [5.41, 5.74) is 0.985. The quantitative estimate of drug-likeness (QED) is 0.0373. The molecule has 0 fully saturated rings. The molecule has 0 saturated carbocycles. The largest absolute Gasteiger partial charge is 0.494 e. The molecule has 0 amide bonds. The third-order valence-corrected chi connectivity index (χ3v) is 9.30. The smallest absolute Gasteiger partial charge is 0.343 e. The minimum atomic E-state index is -0.795. The molecule has 0 heterocycles. The molecule has 5 aromatic carbocycles. The van der Waals surface area contributed by atoms with Crippen LogP contribution in [0.25, 0.3) is 0 Å². The maximum absolute atomic E-state index is 13.1. The van der Waals surface area contributed by atoms with Crippen LogP contribution in [0.3, 0.4) is 0 Å². The van der Waals surface area contributed by atoms with Gasteiger partial charge in [0.25, 0.3) is 0 Å². The van der Waals surface area contributed by atoms with Crippen molar-refractivity contribution in [2.75, 3.05) is 13.2 Å². The monoisotopic (exact) mass is 811 g/mol. The van der Waals surface area contributed by atoms with Gasteiger partial charge in [0.2, 0.25) is 0 Å². The van der Waals surface area contributed by atoms with Crippen molar-refractivity contribution < 1.29 is 47.6 Å².